The van der Waals surface area contributed by atoms with Gasteiger partial charge in [-0.15, -0.1) is 0 Å². The van der Waals surface area contributed by atoms with E-state index in [2.05, 4.69) is 0 Å². The predicted octanol–water partition coefficient (Wildman–Crippen LogP) is 2.12. The number of unbranched alkanes of at least 4 members (excludes halogenated alkanes) is 1. The lowest BCUT2D eigenvalue weighted by Crippen LogP contribution is -2.15. The summed E-state index contributed by atoms with van der Waals surface area (Å²) in [5, 5.41) is 9.80. The zero-order valence-corrected chi connectivity index (χ0v) is 12.5. The molecule has 0 amide bonds. The second-order valence-corrected chi connectivity index (χ2v) is 7.53. The topological polar surface area (TPSA) is 63.6 Å². The number of hydrogen-bond donors (Lipinski definition) is 1. The van der Waals surface area contributed by atoms with Gasteiger partial charge in [0.1, 0.15) is 15.6 Å². The van der Waals surface area contributed by atoms with E-state index in [1.807, 2.05) is 24.3 Å². The third-order valence-corrected chi connectivity index (χ3v) is 3.77. The Morgan fingerprint density at radius 3 is 2.21 bits per heavy atom. The summed E-state index contributed by atoms with van der Waals surface area (Å²) in [4.78, 5) is 0. The minimum Gasteiger partial charge on any atom is -0.494 e. The molecule has 0 saturated carbocycles. The summed E-state index contributed by atoms with van der Waals surface area (Å²) in [5.74, 6) is 0.931. The maximum absolute atomic E-state index is 10.9. The fraction of sp³-hybridized carbons (Fsp3) is 0.571. The highest BCUT2D eigenvalue weighted by Crippen LogP contribution is 2.22. The van der Waals surface area contributed by atoms with Crippen LogP contribution in [0.4, 0.5) is 0 Å². The van der Waals surface area contributed by atoms with E-state index < -0.39 is 15.4 Å². The van der Waals surface area contributed by atoms with Gasteiger partial charge in [0.2, 0.25) is 0 Å². The van der Waals surface area contributed by atoms with E-state index in [4.69, 9.17) is 4.74 Å². The molecule has 0 aliphatic carbocycles. The molecule has 0 heterocycles. The second kappa shape index (κ2) is 6.39. The van der Waals surface area contributed by atoms with Crippen LogP contribution in [0.3, 0.4) is 0 Å². The van der Waals surface area contributed by atoms with Crippen molar-refractivity contribution in [1.82, 2.24) is 0 Å². The molecule has 4 nitrogen and oxygen atoms in total. The van der Waals surface area contributed by atoms with Gasteiger partial charge in [-0.1, -0.05) is 12.1 Å². The number of ether oxygens (including phenoxy) is 1. The van der Waals surface area contributed by atoms with Crippen LogP contribution < -0.4 is 4.74 Å². The Kier molecular flexibility index (Phi) is 5.38. The Balaban J connectivity index is 2.35. The first kappa shape index (κ1) is 16.0. The average Bonchev–Trinajstić information content (AvgIpc) is 2.26. The molecule has 108 valence electrons. The Labute approximate surface area is 115 Å². The summed E-state index contributed by atoms with van der Waals surface area (Å²) in [7, 11) is -2.87. The van der Waals surface area contributed by atoms with Gasteiger partial charge < -0.3 is 9.84 Å². The van der Waals surface area contributed by atoms with E-state index >= 15 is 0 Å². The molecule has 0 spiro atoms. The molecule has 1 aromatic carbocycles. The summed E-state index contributed by atoms with van der Waals surface area (Å²) in [6.07, 6.45) is 2.56. The van der Waals surface area contributed by atoms with Gasteiger partial charge in [-0.3, -0.25) is 0 Å². The van der Waals surface area contributed by atoms with Gasteiger partial charge in [0, 0.05) is 6.26 Å². The first-order chi connectivity index (χ1) is 8.68. The molecule has 0 unspecified atom stereocenters. The minimum absolute atomic E-state index is 0.202. The van der Waals surface area contributed by atoms with Crippen LogP contribution in [0, 0.1) is 0 Å². The molecule has 0 fully saturated rings. The molecule has 1 N–H and O–H groups in total. The summed E-state index contributed by atoms with van der Waals surface area (Å²) >= 11 is 0. The monoisotopic (exact) mass is 286 g/mol. The molecule has 0 aliphatic rings. The first-order valence-electron chi connectivity index (χ1n) is 6.32. The Hall–Kier alpha value is -1.07. The number of benzene rings is 1. The van der Waals surface area contributed by atoms with E-state index in [0.717, 1.165) is 11.3 Å². The van der Waals surface area contributed by atoms with Crippen molar-refractivity contribution in [2.45, 2.75) is 32.3 Å². The van der Waals surface area contributed by atoms with Crippen LogP contribution in [0.25, 0.3) is 0 Å². The maximum atomic E-state index is 10.9. The third kappa shape index (κ3) is 6.59. The molecular formula is C14H22O4S. The highest BCUT2D eigenvalue weighted by Gasteiger charge is 2.15. The summed E-state index contributed by atoms with van der Waals surface area (Å²) in [5.41, 5.74) is -0.0227. The van der Waals surface area contributed by atoms with Crippen LogP contribution in [0.15, 0.2) is 24.3 Å². The summed E-state index contributed by atoms with van der Waals surface area (Å²) in [6.45, 7) is 3.96. The maximum Gasteiger partial charge on any atom is 0.147 e. The minimum atomic E-state index is -2.87. The van der Waals surface area contributed by atoms with E-state index in [1.165, 1.54) is 6.26 Å². The van der Waals surface area contributed by atoms with Crippen LogP contribution in [-0.4, -0.2) is 32.1 Å². The summed E-state index contributed by atoms with van der Waals surface area (Å²) in [6, 6.07) is 7.27. The van der Waals surface area contributed by atoms with Crippen molar-refractivity contribution in [3.63, 3.8) is 0 Å². The average molecular weight is 286 g/mol. The highest BCUT2D eigenvalue weighted by molar-refractivity contribution is 7.90. The van der Waals surface area contributed by atoms with Crippen molar-refractivity contribution in [2.75, 3.05) is 18.6 Å². The van der Waals surface area contributed by atoms with Gasteiger partial charge in [0.15, 0.2) is 0 Å². The van der Waals surface area contributed by atoms with E-state index in [-0.39, 0.29) is 5.75 Å². The van der Waals surface area contributed by atoms with Crippen LogP contribution in [0.5, 0.6) is 5.75 Å². The number of hydrogen-bond acceptors (Lipinski definition) is 4. The second-order valence-electron chi connectivity index (χ2n) is 5.27. The molecule has 5 heteroatoms. The Morgan fingerprint density at radius 2 is 1.74 bits per heavy atom. The first-order valence-corrected chi connectivity index (χ1v) is 8.38. The number of rotatable bonds is 7. The van der Waals surface area contributed by atoms with E-state index in [9.17, 15) is 13.5 Å². The molecule has 0 radical (unpaired) electrons. The van der Waals surface area contributed by atoms with Gasteiger partial charge in [-0.2, -0.15) is 0 Å². The quantitative estimate of drug-likeness (QED) is 0.780. The van der Waals surface area contributed by atoms with Crippen LogP contribution in [0.1, 0.15) is 32.3 Å². The Morgan fingerprint density at radius 1 is 1.16 bits per heavy atom. The van der Waals surface area contributed by atoms with Gasteiger partial charge in [-0.05, 0) is 44.4 Å². The number of sulfone groups is 1. The highest BCUT2D eigenvalue weighted by atomic mass is 32.2. The molecular weight excluding hydrogens is 264 g/mol. The van der Waals surface area contributed by atoms with Crippen LogP contribution >= 0.6 is 0 Å². The zero-order chi connectivity index (χ0) is 14.5. The van der Waals surface area contributed by atoms with Crippen molar-refractivity contribution < 1.29 is 18.3 Å². The van der Waals surface area contributed by atoms with Crippen molar-refractivity contribution in [3.8, 4) is 5.75 Å². The Bertz CT molecular complexity index is 483. The SMILES string of the molecule is CC(C)(O)c1ccc(OCCCCS(C)(=O)=O)cc1. The molecule has 1 rings (SSSR count). The molecule has 19 heavy (non-hydrogen) atoms. The largest absolute Gasteiger partial charge is 0.494 e. The summed E-state index contributed by atoms with van der Waals surface area (Å²) < 4.78 is 27.4. The zero-order valence-electron chi connectivity index (χ0n) is 11.7. The number of aliphatic hydroxyl groups is 1. The lowest BCUT2D eigenvalue weighted by Gasteiger charge is -2.17. The van der Waals surface area contributed by atoms with Crippen LogP contribution in [0.2, 0.25) is 0 Å². The molecule has 0 aliphatic heterocycles. The fourth-order valence-electron chi connectivity index (χ4n) is 1.62. The molecule has 0 bridgehead atoms. The molecule has 1 aromatic rings. The van der Waals surface area contributed by atoms with Crippen molar-refractivity contribution >= 4 is 9.84 Å². The van der Waals surface area contributed by atoms with Gasteiger partial charge in [-0.25, -0.2) is 8.42 Å². The van der Waals surface area contributed by atoms with Gasteiger partial charge in [0.25, 0.3) is 0 Å². The van der Waals surface area contributed by atoms with Crippen molar-refractivity contribution in [1.29, 1.82) is 0 Å². The van der Waals surface area contributed by atoms with E-state index in [0.29, 0.717) is 19.4 Å². The standard InChI is InChI=1S/C14H22O4S/c1-14(2,15)12-6-8-13(9-7-12)18-10-4-5-11-19(3,16)17/h6-9,15H,4-5,10-11H2,1-3H3. The lowest BCUT2D eigenvalue weighted by atomic mass is 9.99. The molecule has 0 saturated heterocycles. The van der Waals surface area contributed by atoms with E-state index in [1.54, 1.807) is 13.8 Å². The third-order valence-electron chi connectivity index (χ3n) is 2.74. The normalized spacial score (nSPS) is 12.4. The van der Waals surface area contributed by atoms with Gasteiger partial charge >= 0.3 is 0 Å². The fourth-order valence-corrected chi connectivity index (χ4v) is 2.34. The van der Waals surface area contributed by atoms with Crippen molar-refractivity contribution in [3.05, 3.63) is 29.8 Å². The van der Waals surface area contributed by atoms with Gasteiger partial charge in [0.05, 0.1) is 18.0 Å². The molecule has 0 aromatic heterocycles. The molecule has 0 atom stereocenters. The lowest BCUT2D eigenvalue weighted by molar-refractivity contribution is 0.0785. The van der Waals surface area contributed by atoms with Crippen LogP contribution in [-0.2, 0) is 15.4 Å². The predicted molar refractivity (Wildman–Crippen MR) is 76.1 cm³/mol. The van der Waals surface area contributed by atoms with Crippen molar-refractivity contribution in [2.24, 2.45) is 0 Å². The smallest absolute Gasteiger partial charge is 0.147 e.